The Balaban J connectivity index is 1.59. The number of esters is 3. The first-order chi connectivity index (χ1) is 26.9. The fraction of sp³-hybridized carbons (Fsp3) is 0.638. The van der Waals surface area contributed by atoms with Crippen LogP contribution in [-0.2, 0) is 28.5 Å². The smallest absolute Gasteiger partial charge is 0.343 e. The number of hydrogen-bond donors (Lipinski definition) is 0. The molecule has 2 aromatic rings. The van der Waals surface area contributed by atoms with Crippen molar-refractivity contribution in [1.29, 1.82) is 0 Å². The highest BCUT2D eigenvalue weighted by Crippen LogP contribution is 2.28. The van der Waals surface area contributed by atoms with E-state index in [9.17, 15) is 14.4 Å². The van der Waals surface area contributed by atoms with Gasteiger partial charge < -0.3 is 28.4 Å². The molecule has 0 radical (unpaired) electrons. The molecule has 1 unspecified atom stereocenters. The van der Waals surface area contributed by atoms with Crippen LogP contribution in [0.2, 0.25) is 0 Å². The Kier molecular flexibility index (Phi) is 24.1. The number of hydrogen-bond acceptors (Lipinski definition) is 9. The largest absolute Gasteiger partial charge is 0.494 e. The summed E-state index contributed by atoms with van der Waals surface area (Å²) in [6.07, 6.45) is 17.4. The van der Waals surface area contributed by atoms with Crippen molar-refractivity contribution in [1.82, 2.24) is 0 Å². The molecule has 9 nitrogen and oxygen atoms in total. The summed E-state index contributed by atoms with van der Waals surface area (Å²) in [5.74, 6) is 0.705. The molecule has 0 bridgehead atoms. The Hall–Kier alpha value is -3.69. The van der Waals surface area contributed by atoms with Gasteiger partial charge in [0.15, 0.2) is 0 Å². The molecule has 2 aromatic carbocycles. The molecule has 56 heavy (non-hydrogen) atoms. The van der Waals surface area contributed by atoms with Crippen LogP contribution in [0.4, 0.5) is 0 Å². The van der Waals surface area contributed by atoms with E-state index in [0.717, 1.165) is 109 Å². The topological polar surface area (TPSA) is 107 Å². The lowest BCUT2D eigenvalue weighted by atomic mass is 9.92. The summed E-state index contributed by atoms with van der Waals surface area (Å²) in [5, 5.41) is 0. The van der Waals surface area contributed by atoms with Crippen molar-refractivity contribution in [3.05, 3.63) is 72.3 Å². The van der Waals surface area contributed by atoms with Gasteiger partial charge in [0.2, 0.25) is 0 Å². The van der Waals surface area contributed by atoms with Crippen molar-refractivity contribution in [2.24, 2.45) is 0 Å². The maximum atomic E-state index is 12.8. The van der Waals surface area contributed by atoms with Crippen LogP contribution in [0.3, 0.4) is 0 Å². The molecular weight excluding hydrogens is 709 g/mol. The molecule has 0 fully saturated rings. The molecule has 0 aliphatic rings. The van der Waals surface area contributed by atoms with Gasteiger partial charge in [0.25, 0.3) is 0 Å². The highest BCUT2D eigenvalue weighted by Gasteiger charge is 2.22. The molecule has 9 heteroatoms. The standard InChI is InChI=1S/C47H72O9/c1-8-21-38(31-37-52-34-18-11-10-16-33-47(5,6)56-44(49)22-15-14-17-32-46(3,4)51-7)39-23-29-42(30-24-39)55-45(50)40-25-27-41(28-26-40)53-35-19-12-13-20-36-54-43(48)9-2/h9,23-30,38H,2,8,10-22,31-37H2,1,3-7H3. The van der Waals surface area contributed by atoms with Crippen LogP contribution in [0.25, 0.3) is 0 Å². The number of ether oxygens (including phenoxy) is 6. The second kappa shape index (κ2) is 27.8. The van der Waals surface area contributed by atoms with E-state index in [2.05, 4.69) is 39.5 Å². The predicted octanol–water partition coefficient (Wildman–Crippen LogP) is 11.5. The lowest BCUT2D eigenvalue weighted by molar-refractivity contribution is -0.157. The molecule has 0 saturated carbocycles. The van der Waals surface area contributed by atoms with Crippen LogP contribution in [0.15, 0.2) is 61.2 Å². The first-order valence-corrected chi connectivity index (χ1v) is 21.1. The Morgan fingerprint density at radius 3 is 1.91 bits per heavy atom. The monoisotopic (exact) mass is 781 g/mol. The second-order valence-corrected chi connectivity index (χ2v) is 15.9. The summed E-state index contributed by atoms with van der Waals surface area (Å²) in [4.78, 5) is 36.2. The number of unbranched alkanes of at least 4 members (excludes halogenated alkanes) is 8. The van der Waals surface area contributed by atoms with Gasteiger partial charge in [-0.2, -0.15) is 0 Å². The van der Waals surface area contributed by atoms with Crippen LogP contribution in [0.1, 0.15) is 166 Å². The molecule has 314 valence electrons. The molecule has 0 saturated heterocycles. The number of carbonyl (C=O) groups is 3. The van der Waals surface area contributed by atoms with Crippen LogP contribution < -0.4 is 9.47 Å². The maximum Gasteiger partial charge on any atom is 0.343 e. The van der Waals surface area contributed by atoms with E-state index in [1.54, 1.807) is 31.4 Å². The van der Waals surface area contributed by atoms with Gasteiger partial charge in [0, 0.05) is 32.8 Å². The normalized spacial score (nSPS) is 12.2. The van der Waals surface area contributed by atoms with Crippen LogP contribution >= 0.6 is 0 Å². The maximum absolute atomic E-state index is 12.8. The zero-order chi connectivity index (χ0) is 41.1. The quantitative estimate of drug-likeness (QED) is 0.0310. The van der Waals surface area contributed by atoms with Gasteiger partial charge in [-0.3, -0.25) is 4.79 Å². The van der Waals surface area contributed by atoms with Gasteiger partial charge in [-0.05, 0) is 146 Å². The summed E-state index contributed by atoms with van der Waals surface area (Å²) in [5.41, 5.74) is 1.15. The van der Waals surface area contributed by atoms with Crippen molar-refractivity contribution in [3.8, 4) is 11.5 Å². The van der Waals surface area contributed by atoms with Crippen LogP contribution in [0.5, 0.6) is 11.5 Å². The first kappa shape index (κ1) is 48.5. The fourth-order valence-corrected chi connectivity index (χ4v) is 6.41. The van der Waals surface area contributed by atoms with Gasteiger partial charge in [0.1, 0.15) is 17.1 Å². The first-order valence-electron chi connectivity index (χ1n) is 21.1. The molecule has 0 aromatic heterocycles. The summed E-state index contributed by atoms with van der Waals surface area (Å²) in [6.45, 7) is 16.2. The third-order valence-corrected chi connectivity index (χ3v) is 10.0. The fourth-order valence-electron chi connectivity index (χ4n) is 6.41. The second-order valence-electron chi connectivity index (χ2n) is 15.9. The Morgan fingerprint density at radius 1 is 0.679 bits per heavy atom. The molecule has 0 aliphatic heterocycles. The van der Waals surface area contributed by atoms with Crippen molar-refractivity contribution < 1.29 is 42.8 Å². The third-order valence-electron chi connectivity index (χ3n) is 10.0. The Labute approximate surface area is 338 Å². The zero-order valence-corrected chi connectivity index (χ0v) is 35.5. The minimum Gasteiger partial charge on any atom is -0.494 e. The van der Waals surface area contributed by atoms with Crippen molar-refractivity contribution in [2.75, 3.05) is 33.5 Å². The van der Waals surface area contributed by atoms with E-state index in [1.807, 2.05) is 26.0 Å². The van der Waals surface area contributed by atoms with E-state index in [1.165, 1.54) is 11.6 Å². The number of rotatable bonds is 32. The minimum atomic E-state index is -0.433. The highest BCUT2D eigenvalue weighted by molar-refractivity contribution is 5.91. The molecule has 0 N–H and O–H groups in total. The Bertz CT molecular complexity index is 1380. The third kappa shape index (κ3) is 22.2. The van der Waals surface area contributed by atoms with E-state index < -0.39 is 11.6 Å². The van der Waals surface area contributed by atoms with Gasteiger partial charge in [-0.25, -0.2) is 9.59 Å². The summed E-state index contributed by atoms with van der Waals surface area (Å²) in [6, 6.07) is 14.8. The molecule has 0 amide bonds. The van der Waals surface area contributed by atoms with E-state index >= 15 is 0 Å². The van der Waals surface area contributed by atoms with E-state index in [0.29, 0.717) is 49.2 Å². The molecule has 0 aliphatic carbocycles. The van der Waals surface area contributed by atoms with Gasteiger partial charge in [0.05, 0.1) is 24.4 Å². The lowest BCUT2D eigenvalue weighted by Gasteiger charge is -2.25. The Morgan fingerprint density at radius 2 is 1.27 bits per heavy atom. The minimum absolute atomic E-state index is 0.0945. The zero-order valence-electron chi connectivity index (χ0n) is 35.5. The lowest BCUT2D eigenvalue weighted by Crippen LogP contribution is -2.28. The molecule has 1 atom stereocenters. The number of methoxy groups -OCH3 is 1. The molecular formula is C47H72O9. The number of benzene rings is 2. The van der Waals surface area contributed by atoms with Crippen molar-refractivity contribution in [2.45, 2.75) is 161 Å². The average molecular weight is 781 g/mol. The van der Waals surface area contributed by atoms with Crippen molar-refractivity contribution >= 4 is 17.9 Å². The summed E-state index contributed by atoms with van der Waals surface area (Å²) in [7, 11) is 1.74. The SMILES string of the molecule is C=CC(=O)OCCCCCCOc1ccc(C(=O)Oc2ccc(C(CCC)CCOCCCCCCC(C)(C)OC(=O)CCCCCC(C)(C)OC)cc2)cc1. The molecule has 2 rings (SSSR count). The van der Waals surface area contributed by atoms with Crippen molar-refractivity contribution in [3.63, 3.8) is 0 Å². The van der Waals surface area contributed by atoms with Crippen LogP contribution in [-0.4, -0.2) is 62.6 Å². The van der Waals surface area contributed by atoms with E-state index in [-0.39, 0.29) is 17.5 Å². The van der Waals surface area contributed by atoms with Gasteiger partial charge >= 0.3 is 17.9 Å². The number of carbonyl (C=O) groups excluding carboxylic acids is 3. The summed E-state index contributed by atoms with van der Waals surface area (Å²) < 4.78 is 33.7. The van der Waals surface area contributed by atoms with E-state index in [4.69, 9.17) is 28.4 Å². The molecule has 0 spiro atoms. The highest BCUT2D eigenvalue weighted by atomic mass is 16.6. The predicted molar refractivity (Wildman–Crippen MR) is 223 cm³/mol. The summed E-state index contributed by atoms with van der Waals surface area (Å²) >= 11 is 0. The van der Waals surface area contributed by atoms with Gasteiger partial charge in [-0.15, -0.1) is 0 Å². The molecule has 0 heterocycles. The van der Waals surface area contributed by atoms with Gasteiger partial charge in [-0.1, -0.05) is 57.7 Å². The van der Waals surface area contributed by atoms with Crippen LogP contribution in [0, 0.1) is 0 Å². The average Bonchev–Trinajstić information content (AvgIpc) is 3.17.